The van der Waals surface area contributed by atoms with E-state index in [0.29, 0.717) is 6.61 Å². The Hall–Kier alpha value is -0.990. The fourth-order valence-electron chi connectivity index (χ4n) is 2.62. The van der Waals surface area contributed by atoms with Crippen LogP contribution in [0.1, 0.15) is 96.8 Å². The van der Waals surface area contributed by atoms with E-state index in [0.717, 1.165) is 12.8 Å². The predicted molar refractivity (Wildman–Crippen MR) is 97.8 cm³/mol. The summed E-state index contributed by atoms with van der Waals surface area (Å²) in [5.41, 5.74) is 0. The highest BCUT2D eigenvalue weighted by Gasteiger charge is 2.01. The van der Waals surface area contributed by atoms with E-state index in [2.05, 4.69) is 13.5 Å². The van der Waals surface area contributed by atoms with Gasteiger partial charge in [-0.25, -0.2) is 4.79 Å². The van der Waals surface area contributed by atoms with Crippen LogP contribution in [-0.4, -0.2) is 19.4 Å². The highest BCUT2D eigenvalue weighted by Crippen LogP contribution is 2.12. The average Bonchev–Trinajstić information content (AvgIpc) is 2.56. The molecule has 0 aliphatic heterocycles. The zero-order valence-electron chi connectivity index (χ0n) is 15.3. The molecule has 0 aromatic carbocycles. The van der Waals surface area contributed by atoms with Gasteiger partial charge in [0.25, 0.3) is 0 Å². The molecule has 0 aromatic rings. The summed E-state index contributed by atoms with van der Waals surface area (Å²) in [7, 11) is 0. The lowest BCUT2D eigenvalue weighted by molar-refractivity contribution is 0.0620. The molecule has 0 fully saturated rings. The van der Waals surface area contributed by atoms with Crippen LogP contribution in [0.2, 0.25) is 0 Å². The van der Waals surface area contributed by atoms with Crippen molar-refractivity contribution in [1.82, 2.24) is 0 Å². The molecule has 3 heteroatoms. The molecule has 23 heavy (non-hydrogen) atoms. The van der Waals surface area contributed by atoms with Crippen molar-refractivity contribution < 1.29 is 14.3 Å². The Morgan fingerprint density at radius 3 is 1.61 bits per heavy atom. The molecule has 0 N–H and O–H groups in total. The summed E-state index contributed by atoms with van der Waals surface area (Å²) in [5, 5.41) is 0. The van der Waals surface area contributed by atoms with Crippen molar-refractivity contribution >= 4 is 6.16 Å². The molecule has 0 atom stereocenters. The maximum Gasteiger partial charge on any atom is 0.508 e. The largest absolute Gasteiger partial charge is 0.508 e. The van der Waals surface area contributed by atoms with E-state index in [1.807, 2.05) is 0 Å². The van der Waals surface area contributed by atoms with Crippen LogP contribution in [0.15, 0.2) is 12.7 Å². The van der Waals surface area contributed by atoms with Gasteiger partial charge < -0.3 is 9.47 Å². The Morgan fingerprint density at radius 2 is 1.17 bits per heavy atom. The smallest absolute Gasteiger partial charge is 0.434 e. The Labute approximate surface area is 143 Å². The van der Waals surface area contributed by atoms with Crippen LogP contribution in [-0.2, 0) is 9.47 Å². The van der Waals surface area contributed by atoms with E-state index in [-0.39, 0.29) is 6.61 Å². The van der Waals surface area contributed by atoms with Gasteiger partial charge >= 0.3 is 6.16 Å². The summed E-state index contributed by atoms with van der Waals surface area (Å²) in [6.07, 6.45) is 19.5. The lowest BCUT2D eigenvalue weighted by atomic mass is 10.0. The zero-order valence-corrected chi connectivity index (χ0v) is 15.3. The molecule has 0 aromatic heterocycles. The Morgan fingerprint density at radius 1 is 0.739 bits per heavy atom. The van der Waals surface area contributed by atoms with Gasteiger partial charge in [0.05, 0.1) is 6.61 Å². The second-order valence-electron chi connectivity index (χ2n) is 6.29. The van der Waals surface area contributed by atoms with E-state index < -0.39 is 6.16 Å². The van der Waals surface area contributed by atoms with Crippen molar-refractivity contribution in [3.8, 4) is 0 Å². The molecule has 0 unspecified atom stereocenters. The third-order valence-electron chi connectivity index (χ3n) is 4.04. The average molecular weight is 327 g/mol. The standard InChI is InChI=1S/C20H38O3/c1-3-5-6-7-8-9-10-11-12-13-14-15-16-17-19-23-20(21)22-18-4-2/h4H,2-3,5-19H2,1H3. The molecule has 0 aliphatic rings. The number of carbonyl (C=O) groups excluding carboxylic acids is 1. The first kappa shape index (κ1) is 22.0. The molecule has 0 amide bonds. The van der Waals surface area contributed by atoms with Gasteiger partial charge in [-0.2, -0.15) is 0 Å². The van der Waals surface area contributed by atoms with Gasteiger partial charge in [0, 0.05) is 0 Å². The monoisotopic (exact) mass is 326 g/mol. The number of carbonyl (C=O) groups is 1. The summed E-state index contributed by atoms with van der Waals surface area (Å²) >= 11 is 0. The topological polar surface area (TPSA) is 35.5 Å². The lowest BCUT2D eigenvalue weighted by Gasteiger charge is -2.05. The molecular formula is C20H38O3. The van der Waals surface area contributed by atoms with Crippen LogP contribution in [0.5, 0.6) is 0 Å². The van der Waals surface area contributed by atoms with Crippen LogP contribution < -0.4 is 0 Å². The van der Waals surface area contributed by atoms with Gasteiger partial charge in [0.1, 0.15) is 6.61 Å². The number of hydrogen-bond donors (Lipinski definition) is 0. The number of hydrogen-bond acceptors (Lipinski definition) is 3. The van der Waals surface area contributed by atoms with E-state index in [9.17, 15) is 4.79 Å². The summed E-state index contributed by atoms with van der Waals surface area (Å²) in [4.78, 5) is 11.0. The van der Waals surface area contributed by atoms with Crippen LogP contribution in [0, 0.1) is 0 Å². The third-order valence-corrected chi connectivity index (χ3v) is 4.04. The van der Waals surface area contributed by atoms with Crippen LogP contribution in [0.4, 0.5) is 4.79 Å². The molecule has 0 aliphatic carbocycles. The Bertz CT molecular complexity index is 264. The fraction of sp³-hybridized carbons (Fsp3) is 0.850. The van der Waals surface area contributed by atoms with Gasteiger partial charge in [-0.15, -0.1) is 0 Å². The SMILES string of the molecule is C=CCOC(=O)OCCCCCCCCCCCCCCCC. The summed E-state index contributed by atoms with van der Waals surface area (Å²) in [5.74, 6) is 0. The molecule has 0 radical (unpaired) electrons. The van der Waals surface area contributed by atoms with Crippen molar-refractivity contribution in [2.45, 2.75) is 96.8 Å². The van der Waals surface area contributed by atoms with Crippen LogP contribution in [0.3, 0.4) is 0 Å². The summed E-state index contributed by atoms with van der Waals surface area (Å²) in [6.45, 7) is 6.43. The van der Waals surface area contributed by atoms with E-state index >= 15 is 0 Å². The molecule has 0 bridgehead atoms. The normalized spacial score (nSPS) is 10.5. The second-order valence-corrected chi connectivity index (χ2v) is 6.29. The first-order valence-electron chi connectivity index (χ1n) is 9.71. The van der Waals surface area contributed by atoms with E-state index in [4.69, 9.17) is 9.47 Å². The Balaban J connectivity index is 3.05. The summed E-state index contributed by atoms with van der Waals surface area (Å²) in [6, 6.07) is 0. The minimum Gasteiger partial charge on any atom is -0.434 e. The van der Waals surface area contributed by atoms with Gasteiger partial charge in [-0.05, 0) is 6.42 Å². The van der Waals surface area contributed by atoms with Crippen molar-refractivity contribution in [1.29, 1.82) is 0 Å². The minimum atomic E-state index is -0.584. The first-order valence-corrected chi connectivity index (χ1v) is 9.71. The van der Waals surface area contributed by atoms with Gasteiger partial charge in [-0.3, -0.25) is 0 Å². The van der Waals surface area contributed by atoms with E-state index in [1.54, 1.807) is 0 Å². The highest BCUT2D eigenvalue weighted by atomic mass is 16.7. The first-order chi connectivity index (χ1) is 11.3. The predicted octanol–water partition coefficient (Wildman–Crippen LogP) is 6.81. The molecular weight excluding hydrogens is 288 g/mol. The quantitative estimate of drug-likeness (QED) is 0.167. The van der Waals surface area contributed by atoms with Crippen molar-refractivity contribution in [3.05, 3.63) is 12.7 Å². The number of unbranched alkanes of at least 4 members (excludes halogenated alkanes) is 13. The van der Waals surface area contributed by atoms with Crippen molar-refractivity contribution in [3.63, 3.8) is 0 Å². The van der Waals surface area contributed by atoms with Crippen molar-refractivity contribution in [2.24, 2.45) is 0 Å². The van der Waals surface area contributed by atoms with Crippen LogP contribution >= 0.6 is 0 Å². The molecule has 3 nitrogen and oxygen atoms in total. The molecule has 0 saturated heterocycles. The van der Waals surface area contributed by atoms with Gasteiger partial charge in [-0.1, -0.05) is 103 Å². The van der Waals surface area contributed by atoms with Crippen molar-refractivity contribution in [2.75, 3.05) is 13.2 Å². The zero-order chi connectivity index (χ0) is 17.0. The molecule has 0 rings (SSSR count). The van der Waals surface area contributed by atoms with Gasteiger partial charge in [0.15, 0.2) is 0 Å². The Kier molecular flexibility index (Phi) is 18.2. The number of ether oxygens (including phenoxy) is 2. The summed E-state index contributed by atoms with van der Waals surface area (Å²) < 4.78 is 9.67. The molecule has 136 valence electrons. The number of rotatable bonds is 17. The molecule has 0 spiro atoms. The van der Waals surface area contributed by atoms with Crippen LogP contribution in [0.25, 0.3) is 0 Å². The fourth-order valence-corrected chi connectivity index (χ4v) is 2.62. The van der Waals surface area contributed by atoms with E-state index in [1.165, 1.54) is 83.1 Å². The minimum absolute atomic E-state index is 0.220. The van der Waals surface area contributed by atoms with Gasteiger partial charge in [0.2, 0.25) is 0 Å². The maximum absolute atomic E-state index is 11.0. The second kappa shape index (κ2) is 19.1. The highest BCUT2D eigenvalue weighted by molar-refractivity contribution is 5.59. The third kappa shape index (κ3) is 19.0. The maximum atomic E-state index is 11.0. The molecule has 0 heterocycles. The molecule has 0 saturated carbocycles. The lowest BCUT2D eigenvalue weighted by Crippen LogP contribution is -2.08.